The molecule has 5 nitrogen and oxygen atoms in total. The predicted molar refractivity (Wildman–Crippen MR) is 112 cm³/mol. The second-order valence-electron chi connectivity index (χ2n) is 8.65. The van der Waals surface area contributed by atoms with Crippen LogP contribution in [0, 0.1) is 6.92 Å². The number of hydrogen-bond donors (Lipinski definition) is 0. The molecule has 1 aromatic heterocycles. The first-order chi connectivity index (χ1) is 13.6. The number of ether oxygens (including phenoxy) is 1. The lowest BCUT2D eigenvalue weighted by Gasteiger charge is -2.40. The zero-order valence-corrected chi connectivity index (χ0v) is 17.4. The summed E-state index contributed by atoms with van der Waals surface area (Å²) in [6, 6.07) is 8.50. The van der Waals surface area contributed by atoms with E-state index in [1.165, 1.54) is 36.1 Å². The molecule has 2 aromatic rings. The number of aryl methyl sites for hydroxylation is 2. The van der Waals surface area contributed by atoms with Crippen LogP contribution in [-0.4, -0.2) is 60.1 Å². The molecular weight excluding hydrogens is 348 g/mol. The molecule has 4 rings (SSSR count). The van der Waals surface area contributed by atoms with E-state index < -0.39 is 0 Å². The summed E-state index contributed by atoms with van der Waals surface area (Å²) in [6.07, 6.45) is 6.85. The monoisotopic (exact) mass is 380 g/mol. The number of likely N-dealkylation sites (N-methyl/N-ethyl adjacent to an activating group) is 1. The Bertz CT molecular complexity index is 818. The van der Waals surface area contributed by atoms with Gasteiger partial charge in [0.2, 0.25) is 0 Å². The van der Waals surface area contributed by atoms with E-state index >= 15 is 0 Å². The minimum Gasteiger partial charge on any atom is -0.492 e. The van der Waals surface area contributed by atoms with E-state index in [0.717, 1.165) is 50.8 Å². The predicted octanol–water partition coefficient (Wildman–Crippen LogP) is 3.21. The maximum atomic E-state index is 6.09. The highest BCUT2D eigenvalue weighted by atomic mass is 16.5. The average molecular weight is 381 g/mol. The van der Waals surface area contributed by atoms with Crippen LogP contribution in [0.25, 0.3) is 0 Å². The highest BCUT2D eigenvalue weighted by Crippen LogP contribution is 2.44. The third-order valence-corrected chi connectivity index (χ3v) is 6.18. The van der Waals surface area contributed by atoms with Crippen molar-refractivity contribution < 1.29 is 4.74 Å². The standard InChI is InChI=1S/C23H32N4O/c1-18-24-15-19-9-11-23(22(19)25-18)10-6-12-27(17-23)16-20-7-4-5-8-21(20)28-14-13-26(2)3/h4-5,7-8,15H,6,9-14,16-17H2,1-3H3. The lowest BCUT2D eigenvalue weighted by atomic mass is 9.77. The number of rotatable bonds is 6. The van der Waals surface area contributed by atoms with Gasteiger partial charge in [-0.2, -0.15) is 0 Å². The average Bonchev–Trinajstić information content (AvgIpc) is 3.00. The molecule has 1 aliphatic heterocycles. The van der Waals surface area contributed by atoms with Gasteiger partial charge in [0, 0.05) is 36.8 Å². The summed E-state index contributed by atoms with van der Waals surface area (Å²) < 4.78 is 6.09. The molecule has 2 aliphatic rings. The minimum absolute atomic E-state index is 0.210. The number of hydrogen-bond acceptors (Lipinski definition) is 5. The van der Waals surface area contributed by atoms with Crippen molar-refractivity contribution in [3.8, 4) is 5.75 Å². The van der Waals surface area contributed by atoms with Crippen LogP contribution in [0.1, 0.15) is 41.9 Å². The van der Waals surface area contributed by atoms with Gasteiger partial charge in [-0.25, -0.2) is 9.97 Å². The van der Waals surface area contributed by atoms with E-state index in [1.807, 2.05) is 6.92 Å². The van der Waals surface area contributed by atoms with Crippen molar-refractivity contribution in [2.24, 2.45) is 0 Å². The first-order valence-electron chi connectivity index (χ1n) is 10.5. The highest BCUT2D eigenvalue weighted by molar-refractivity contribution is 5.35. The van der Waals surface area contributed by atoms with Crippen LogP contribution >= 0.6 is 0 Å². The van der Waals surface area contributed by atoms with Gasteiger partial charge in [-0.1, -0.05) is 18.2 Å². The Kier molecular flexibility index (Phi) is 5.65. The molecule has 1 atom stereocenters. The fourth-order valence-electron chi connectivity index (χ4n) is 4.74. The molecule has 2 heterocycles. The Hall–Kier alpha value is -1.98. The summed E-state index contributed by atoms with van der Waals surface area (Å²) in [6.45, 7) is 6.83. The smallest absolute Gasteiger partial charge is 0.125 e. The second-order valence-corrected chi connectivity index (χ2v) is 8.65. The lowest BCUT2D eigenvalue weighted by Crippen LogP contribution is -2.45. The van der Waals surface area contributed by atoms with Gasteiger partial charge in [-0.05, 0) is 64.9 Å². The maximum Gasteiger partial charge on any atom is 0.125 e. The van der Waals surface area contributed by atoms with Gasteiger partial charge in [0.25, 0.3) is 0 Å². The van der Waals surface area contributed by atoms with Crippen LogP contribution in [0.4, 0.5) is 0 Å². The fraction of sp³-hybridized carbons (Fsp3) is 0.565. The normalized spacial score (nSPS) is 22.0. The molecule has 150 valence electrons. The van der Waals surface area contributed by atoms with Gasteiger partial charge >= 0.3 is 0 Å². The van der Waals surface area contributed by atoms with E-state index in [4.69, 9.17) is 9.72 Å². The van der Waals surface area contributed by atoms with Crippen molar-refractivity contribution in [1.82, 2.24) is 19.8 Å². The van der Waals surface area contributed by atoms with E-state index in [1.54, 1.807) is 0 Å². The fourth-order valence-corrected chi connectivity index (χ4v) is 4.74. The number of fused-ring (bicyclic) bond motifs is 2. The number of aromatic nitrogens is 2. The van der Waals surface area contributed by atoms with Crippen molar-refractivity contribution in [3.05, 3.63) is 53.1 Å². The van der Waals surface area contributed by atoms with Gasteiger partial charge in [0.1, 0.15) is 18.2 Å². The van der Waals surface area contributed by atoms with Crippen molar-refractivity contribution >= 4 is 0 Å². The van der Waals surface area contributed by atoms with Gasteiger partial charge in [0.05, 0.1) is 5.69 Å². The van der Waals surface area contributed by atoms with Gasteiger partial charge < -0.3 is 9.64 Å². The van der Waals surface area contributed by atoms with E-state index in [0.29, 0.717) is 0 Å². The summed E-state index contributed by atoms with van der Waals surface area (Å²) in [5, 5.41) is 0. The van der Waals surface area contributed by atoms with Crippen LogP contribution in [0.2, 0.25) is 0 Å². The molecule has 1 unspecified atom stereocenters. The molecule has 1 spiro atoms. The van der Waals surface area contributed by atoms with Gasteiger partial charge in [-0.15, -0.1) is 0 Å². The number of para-hydroxylation sites is 1. The quantitative estimate of drug-likeness (QED) is 0.770. The summed E-state index contributed by atoms with van der Waals surface area (Å²) in [5.74, 6) is 1.92. The van der Waals surface area contributed by atoms with Crippen molar-refractivity contribution in [3.63, 3.8) is 0 Å². The molecule has 28 heavy (non-hydrogen) atoms. The highest BCUT2D eigenvalue weighted by Gasteiger charge is 2.43. The van der Waals surface area contributed by atoms with Crippen LogP contribution < -0.4 is 4.74 Å². The van der Waals surface area contributed by atoms with Crippen molar-refractivity contribution in [1.29, 1.82) is 0 Å². The summed E-state index contributed by atoms with van der Waals surface area (Å²) >= 11 is 0. The molecule has 1 aromatic carbocycles. The molecular formula is C23H32N4O. The Labute approximate surface area is 168 Å². The van der Waals surface area contributed by atoms with Crippen LogP contribution in [0.5, 0.6) is 5.75 Å². The maximum absolute atomic E-state index is 6.09. The van der Waals surface area contributed by atoms with Crippen molar-refractivity contribution in [2.45, 2.75) is 44.6 Å². The molecule has 1 aliphatic carbocycles. The summed E-state index contributed by atoms with van der Waals surface area (Å²) in [7, 11) is 4.15. The Morgan fingerprint density at radius 3 is 2.93 bits per heavy atom. The van der Waals surface area contributed by atoms with Crippen LogP contribution in [-0.2, 0) is 18.4 Å². The Balaban J connectivity index is 1.48. The van der Waals surface area contributed by atoms with Crippen LogP contribution in [0.3, 0.4) is 0 Å². The van der Waals surface area contributed by atoms with Gasteiger partial charge in [0.15, 0.2) is 0 Å². The third kappa shape index (κ3) is 4.06. The molecule has 0 N–H and O–H groups in total. The Morgan fingerprint density at radius 2 is 2.07 bits per heavy atom. The first kappa shape index (κ1) is 19.3. The summed E-state index contributed by atoms with van der Waals surface area (Å²) in [5.41, 5.74) is 4.18. The SMILES string of the molecule is Cc1ncc2c(n1)C1(CCCN(Cc3ccccc3OCCN(C)C)C1)CC2. The largest absolute Gasteiger partial charge is 0.492 e. The molecule has 5 heteroatoms. The molecule has 0 amide bonds. The number of piperidine rings is 1. The molecule has 0 radical (unpaired) electrons. The van der Waals surface area contributed by atoms with E-state index in [2.05, 4.69) is 59.3 Å². The molecule has 1 saturated heterocycles. The lowest BCUT2D eigenvalue weighted by molar-refractivity contribution is 0.135. The molecule has 0 saturated carbocycles. The number of likely N-dealkylation sites (tertiary alicyclic amines) is 1. The first-order valence-corrected chi connectivity index (χ1v) is 10.5. The van der Waals surface area contributed by atoms with E-state index in [-0.39, 0.29) is 5.41 Å². The minimum atomic E-state index is 0.210. The van der Waals surface area contributed by atoms with E-state index in [9.17, 15) is 0 Å². The number of benzene rings is 1. The van der Waals surface area contributed by atoms with Crippen LogP contribution in [0.15, 0.2) is 30.5 Å². The zero-order valence-electron chi connectivity index (χ0n) is 17.4. The topological polar surface area (TPSA) is 41.5 Å². The molecule has 0 bridgehead atoms. The summed E-state index contributed by atoms with van der Waals surface area (Å²) in [4.78, 5) is 14.1. The number of nitrogens with zero attached hydrogens (tertiary/aromatic N) is 4. The van der Waals surface area contributed by atoms with Gasteiger partial charge in [-0.3, -0.25) is 4.90 Å². The Morgan fingerprint density at radius 1 is 1.21 bits per heavy atom. The second kappa shape index (κ2) is 8.18. The third-order valence-electron chi connectivity index (χ3n) is 6.18. The molecule has 1 fully saturated rings. The zero-order chi connectivity index (χ0) is 19.6. The van der Waals surface area contributed by atoms with Crippen molar-refractivity contribution in [2.75, 3.05) is 40.3 Å².